The Morgan fingerprint density at radius 2 is 1.90 bits per heavy atom. The Labute approximate surface area is 128 Å². The Bertz CT molecular complexity index is 624. The third-order valence-corrected chi connectivity index (χ3v) is 5.08. The molecular formula is C17H15Cl2F. The van der Waals surface area contributed by atoms with Crippen LogP contribution in [0, 0.1) is 11.7 Å². The molecular weight excluding hydrogens is 294 g/mol. The maximum Gasteiger partial charge on any atom is 0.142 e. The zero-order chi connectivity index (χ0) is 14.1. The van der Waals surface area contributed by atoms with Crippen LogP contribution in [0.25, 0.3) is 0 Å². The van der Waals surface area contributed by atoms with E-state index in [2.05, 4.69) is 12.1 Å². The van der Waals surface area contributed by atoms with Gasteiger partial charge in [0.25, 0.3) is 0 Å². The van der Waals surface area contributed by atoms with E-state index in [-0.39, 0.29) is 16.2 Å². The van der Waals surface area contributed by atoms with Crippen molar-refractivity contribution in [3.05, 3.63) is 70.0 Å². The quantitative estimate of drug-likeness (QED) is 0.637. The monoisotopic (exact) mass is 308 g/mol. The third kappa shape index (κ3) is 2.57. The zero-order valence-corrected chi connectivity index (χ0v) is 12.5. The minimum absolute atomic E-state index is 0.0284. The number of benzene rings is 2. The van der Waals surface area contributed by atoms with E-state index in [1.807, 2.05) is 18.2 Å². The Hall–Kier alpha value is -1.05. The molecule has 0 nitrogen and oxygen atoms in total. The van der Waals surface area contributed by atoms with Crippen LogP contribution in [0.2, 0.25) is 5.02 Å². The van der Waals surface area contributed by atoms with E-state index in [9.17, 15) is 4.39 Å². The molecule has 0 fully saturated rings. The summed E-state index contributed by atoms with van der Waals surface area (Å²) in [6, 6.07) is 13.3. The second kappa shape index (κ2) is 5.75. The van der Waals surface area contributed by atoms with E-state index in [1.165, 1.54) is 17.2 Å². The van der Waals surface area contributed by atoms with Gasteiger partial charge in [0.05, 0.1) is 10.4 Å². The molecule has 0 bridgehead atoms. The van der Waals surface area contributed by atoms with Crippen molar-refractivity contribution in [1.29, 1.82) is 0 Å². The average Bonchev–Trinajstić information content (AvgIpc) is 2.47. The first kappa shape index (κ1) is 13.9. The van der Waals surface area contributed by atoms with Crippen LogP contribution in [0.3, 0.4) is 0 Å². The van der Waals surface area contributed by atoms with E-state index >= 15 is 0 Å². The average molecular weight is 309 g/mol. The number of halogens is 3. The summed E-state index contributed by atoms with van der Waals surface area (Å²) < 4.78 is 13.5. The van der Waals surface area contributed by atoms with Crippen molar-refractivity contribution in [2.24, 2.45) is 5.92 Å². The Morgan fingerprint density at radius 3 is 2.75 bits per heavy atom. The van der Waals surface area contributed by atoms with Crippen LogP contribution < -0.4 is 0 Å². The first-order valence-corrected chi connectivity index (χ1v) is 7.63. The molecule has 104 valence electrons. The molecule has 0 aromatic heterocycles. The summed E-state index contributed by atoms with van der Waals surface area (Å²) in [5.41, 5.74) is 3.38. The van der Waals surface area contributed by atoms with Crippen molar-refractivity contribution in [2.45, 2.75) is 24.6 Å². The van der Waals surface area contributed by atoms with Gasteiger partial charge in [-0.05, 0) is 47.9 Å². The second-order valence-electron chi connectivity index (χ2n) is 5.32. The van der Waals surface area contributed by atoms with E-state index in [0.717, 1.165) is 24.8 Å². The molecule has 3 heteroatoms. The molecule has 0 N–H and O–H groups in total. The smallest absolute Gasteiger partial charge is 0.142 e. The van der Waals surface area contributed by atoms with E-state index in [0.29, 0.717) is 5.92 Å². The molecule has 0 heterocycles. The Morgan fingerprint density at radius 1 is 1.10 bits per heavy atom. The lowest BCUT2D eigenvalue weighted by Crippen LogP contribution is -2.19. The van der Waals surface area contributed by atoms with Gasteiger partial charge in [0.1, 0.15) is 5.82 Å². The van der Waals surface area contributed by atoms with Crippen molar-refractivity contribution in [2.75, 3.05) is 0 Å². The third-order valence-electron chi connectivity index (χ3n) is 4.06. The SMILES string of the molecule is Fc1cccc(CC2CCc3ccccc3C2Cl)c1Cl. The van der Waals surface area contributed by atoms with Gasteiger partial charge in [-0.3, -0.25) is 0 Å². The van der Waals surface area contributed by atoms with Gasteiger partial charge in [-0.2, -0.15) is 0 Å². The summed E-state index contributed by atoms with van der Waals surface area (Å²) >= 11 is 12.7. The Balaban J connectivity index is 1.85. The van der Waals surface area contributed by atoms with Crippen LogP contribution in [-0.2, 0) is 12.8 Å². The van der Waals surface area contributed by atoms with Crippen LogP contribution >= 0.6 is 23.2 Å². The summed E-state index contributed by atoms with van der Waals surface area (Å²) in [7, 11) is 0. The molecule has 0 saturated heterocycles. The van der Waals surface area contributed by atoms with Crippen LogP contribution in [0.5, 0.6) is 0 Å². The highest BCUT2D eigenvalue weighted by molar-refractivity contribution is 6.31. The lowest BCUT2D eigenvalue weighted by atomic mass is 9.80. The normalized spacial score (nSPS) is 21.6. The highest BCUT2D eigenvalue weighted by Crippen LogP contribution is 2.41. The summed E-state index contributed by atoms with van der Waals surface area (Å²) in [4.78, 5) is 0. The van der Waals surface area contributed by atoms with Crippen LogP contribution in [-0.4, -0.2) is 0 Å². The molecule has 0 amide bonds. The molecule has 2 aromatic carbocycles. The highest BCUT2D eigenvalue weighted by atomic mass is 35.5. The van der Waals surface area contributed by atoms with Gasteiger partial charge in [0.15, 0.2) is 0 Å². The first-order valence-electron chi connectivity index (χ1n) is 6.81. The van der Waals surface area contributed by atoms with Crippen molar-refractivity contribution in [3.63, 3.8) is 0 Å². The van der Waals surface area contributed by atoms with Crippen molar-refractivity contribution in [1.82, 2.24) is 0 Å². The van der Waals surface area contributed by atoms with Gasteiger partial charge < -0.3 is 0 Å². The fourth-order valence-corrected chi connectivity index (χ4v) is 3.60. The number of hydrogen-bond donors (Lipinski definition) is 0. The maximum atomic E-state index is 13.5. The van der Waals surface area contributed by atoms with Gasteiger partial charge in [0, 0.05) is 0 Å². The molecule has 2 unspecified atom stereocenters. The summed E-state index contributed by atoms with van der Waals surface area (Å²) in [5, 5.41) is 0.203. The molecule has 0 saturated carbocycles. The molecule has 2 aromatic rings. The van der Waals surface area contributed by atoms with Crippen LogP contribution in [0.15, 0.2) is 42.5 Å². The van der Waals surface area contributed by atoms with Gasteiger partial charge in [-0.1, -0.05) is 48.0 Å². The predicted molar refractivity (Wildman–Crippen MR) is 82.0 cm³/mol. The molecule has 1 aliphatic rings. The summed E-state index contributed by atoms with van der Waals surface area (Å²) in [5.74, 6) is -0.0580. The second-order valence-corrected chi connectivity index (χ2v) is 6.16. The largest absolute Gasteiger partial charge is 0.205 e. The fourth-order valence-electron chi connectivity index (χ4n) is 2.97. The molecule has 0 aliphatic heterocycles. The van der Waals surface area contributed by atoms with Crippen LogP contribution in [0.1, 0.15) is 28.5 Å². The number of alkyl halides is 1. The first-order chi connectivity index (χ1) is 9.66. The Kier molecular flexibility index (Phi) is 4.00. The lowest BCUT2D eigenvalue weighted by Gasteiger charge is -2.30. The van der Waals surface area contributed by atoms with Gasteiger partial charge in [0.2, 0.25) is 0 Å². The van der Waals surface area contributed by atoms with Crippen molar-refractivity contribution in [3.8, 4) is 0 Å². The molecule has 3 rings (SSSR count). The summed E-state index contributed by atoms with van der Waals surface area (Å²) in [6.45, 7) is 0. The van der Waals surface area contributed by atoms with Gasteiger partial charge in [-0.25, -0.2) is 4.39 Å². The lowest BCUT2D eigenvalue weighted by molar-refractivity contribution is 0.441. The number of hydrogen-bond acceptors (Lipinski definition) is 0. The molecule has 0 spiro atoms. The van der Waals surface area contributed by atoms with Crippen molar-refractivity contribution >= 4 is 23.2 Å². The number of fused-ring (bicyclic) bond motifs is 1. The minimum atomic E-state index is -0.355. The van der Waals surface area contributed by atoms with Crippen molar-refractivity contribution < 1.29 is 4.39 Å². The minimum Gasteiger partial charge on any atom is -0.205 e. The molecule has 0 radical (unpaired) electrons. The van der Waals surface area contributed by atoms with E-state index in [4.69, 9.17) is 23.2 Å². The topological polar surface area (TPSA) is 0 Å². The van der Waals surface area contributed by atoms with E-state index < -0.39 is 0 Å². The fraction of sp³-hybridized carbons (Fsp3) is 0.294. The molecule has 1 aliphatic carbocycles. The zero-order valence-electron chi connectivity index (χ0n) is 11.0. The number of aryl methyl sites for hydroxylation is 1. The standard InChI is InChI=1S/C17H15Cl2F/c18-16-13(9-8-11-4-1-2-6-14(11)16)10-12-5-3-7-15(20)17(12)19/h1-7,13,16H,8-10H2. The highest BCUT2D eigenvalue weighted by Gasteiger charge is 2.28. The maximum absolute atomic E-state index is 13.5. The summed E-state index contributed by atoms with van der Waals surface area (Å²) in [6.07, 6.45) is 2.76. The van der Waals surface area contributed by atoms with Gasteiger partial charge >= 0.3 is 0 Å². The molecule has 20 heavy (non-hydrogen) atoms. The predicted octanol–water partition coefficient (Wildman–Crippen LogP) is 5.56. The number of rotatable bonds is 2. The van der Waals surface area contributed by atoms with Gasteiger partial charge in [-0.15, -0.1) is 11.6 Å². The molecule has 2 atom stereocenters. The van der Waals surface area contributed by atoms with E-state index in [1.54, 1.807) is 6.07 Å². The van der Waals surface area contributed by atoms with Crippen LogP contribution in [0.4, 0.5) is 4.39 Å².